The van der Waals surface area contributed by atoms with Gasteiger partial charge in [-0.1, -0.05) is 30.7 Å². The molecule has 2 rings (SSSR count). The fourth-order valence-electron chi connectivity index (χ4n) is 2.36. The minimum Gasteiger partial charge on any atom is -0.506 e. The average Bonchev–Trinajstić information content (AvgIpc) is 2.25. The van der Waals surface area contributed by atoms with Crippen molar-refractivity contribution in [2.75, 3.05) is 13.1 Å². The molecule has 1 aliphatic rings. The van der Waals surface area contributed by atoms with Gasteiger partial charge < -0.3 is 5.11 Å². The maximum Gasteiger partial charge on any atom is 0.138 e. The Hall–Kier alpha value is -0.730. The van der Waals surface area contributed by atoms with Gasteiger partial charge in [-0.2, -0.15) is 0 Å². The third-order valence-electron chi connectivity index (χ3n) is 3.21. The van der Waals surface area contributed by atoms with E-state index in [2.05, 4.69) is 11.8 Å². The van der Waals surface area contributed by atoms with E-state index in [9.17, 15) is 5.11 Å². The molecule has 0 spiro atoms. The highest BCUT2D eigenvalue weighted by Gasteiger charge is 2.17. The molecule has 0 saturated carbocycles. The minimum absolute atomic E-state index is 0.238. The zero-order chi connectivity index (χ0) is 11.5. The number of likely N-dealkylation sites (tertiary alicyclic amines) is 1. The number of aromatic hydroxyl groups is 1. The summed E-state index contributed by atoms with van der Waals surface area (Å²) in [6, 6.07) is 5.56. The van der Waals surface area contributed by atoms with Crippen molar-refractivity contribution >= 4 is 11.6 Å². The van der Waals surface area contributed by atoms with Crippen LogP contribution in [0.4, 0.5) is 0 Å². The van der Waals surface area contributed by atoms with Crippen LogP contribution < -0.4 is 0 Å². The molecule has 16 heavy (non-hydrogen) atoms. The van der Waals surface area contributed by atoms with Gasteiger partial charge in [0.2, 0.25) is 0 Å². The first-order valence-corrected chi connectivity index (χ1v) is 6.23. The largest absolute Gasteiger partial charge is 0.506 e. The molecule has 1 atom stereocenters. The van der Waals surface area contributed by atoms with Crippen LogP contribution in [-0.4, -0.2) is 23.1 Å². The summed E-state index contributed by atoms with van der Waals surface area (Å²) in [6.45, 7) is 5.32. The highest BCUT2D eigenvalue weighted by Crippen LogP contribution is 2.29. The summed E-state index contributed by atoms with van der Waals surface area (Å²) < 4.78 is 0. The molecule has 0 amide bonds. The first-order chi connectivity index (χ1) is 7.66. The second-order valence-electron chi connectivity index (χ2n) is 4.73. The number of hydrogen-bond donors (Lipinski definition) is 1. The van der Waals surface area contributed by atoms with Crippen molar-refractivity contribution in [3.8, 4) is 5.75 Å². The van der Waals surface area contributed by atoms with E-state index < -0.39 is 0 Å². The van der Waals surface area contributed by atoms with Crippen molar-refractivity contribution in [2.45, 2.75) is 26.3 Å². The fourth-order valence-corrected chi connectivity index (χ4v) is 2.55. The summed E-state index contributed by atoms with van der Waals surface area (Å²) >= 11 is 5.89. The van der Waals surface area contributed by atoms with E-state index in [1.54, 1.807) is 6.07 Å². The van der Waals surface area contributed by atoms with Gasteiger partial charge in [-0.15, -0.1) is 0 Å². The Balaban J connectivity index is 2.05. The predicted octanol–water partition coefficient (Wildman–Crippen LogP) is 3.28. The molecule has 1 aliphatic heterocycles. The zero-order valence-electron chi connectivity index (χ0n) is 9.62. The molecule has 1 unspecified atom stereocenters. The van der Waals surface area contributed by atoms with Gasteiger partial charge in [0.25, 0.3) is 0 Å². The molecule has 88 valence electrons. The minimum atomic E-state index is 0.238. The average molecular weight is 240 g/mol. The summed E-state index contributed by atoms with van der Waals surface area (Å²) in [6.07, 6.45) is 2.57. The zero-order valence-corrected chi connectivity index (χ0v) is 10.4. The second-order valence-corrected chi connectivity index (χ2v) is 5.14. The van der Waals surface area contributed by atoms with Crippen LogP contribution in [0.25, 0.3) is 0 Å². The summed E-state index contributed by atoms with van der Waals surface area (Å²) in [5.41, 5.74) is 0.932. The van der Waals surface area contributed by atoms with E-state index in [-0.39, 0.29) is 5.75 Å². The molecule has 1 saturated heterocycles. The summed E-state index contributed by atoms with van der Waals surface area (Å²) in [5, 5.41) is 10.3. The quantitative estimate of drug-likeness (QED) is 0.856. The molecule has 1 aromatic carbocycles. The smallest absolute Gasteiger partial charge is 0.138 e. The number of nitrogens with zero attached hydrogens (tertiary/aromatic N) is 1. The van der Waals surface area contributed by atoms with Crippen LogP contribution in [0.15, 0.2) is 18.2 Å². The van der Waals surface area contributed by atoms with Crippen LogP contribution in [0.5, 0.6) is 5.75 Å². The number of piperidine rings is 1. The van der Waals surface area contributed by atoms with E-state index >= 15 is 0 Å². The van der Waals surface area contributed by atoms with Crippen molar-refractivity contribution in [1.82, 2.24) is 4.90 Å². The monoisotopic (exact) mass is 239 g/mol. The van der Waals surface area contributed by atoms with Crippen molar-refractivity contribution < 1.29 is 5.11 Å². The lowest BCUT2D eigenvalue weighted by molar-refractivity contribution is 0.175. The van der Waals surface area contributed by atoms with Crippen molar-refractivity contribution in [3.05, 3.63) is 28.8 Å². The van der Waals surface area contributed by atoms with Gasteiger partial charge in [0.15, 0.2) is 0 Å². The number of para-hydroxylation sites is 1. The van der Waals surface area contributed by atoms with Gasteiger partial charge in [0, 0.05) is 18.7 Å². The Kier molecular flexibility index (Phi) is 3.72. The number of phenols is 1. The molecule has 3 heteroatoms. The highest BCUT2D eigenvalue weighted by molar-refractivity contribution is 6.32. The lowest BCUT2D eigenvalue weighted by Crippen LogP contribution is -2.33. The maximum atomic E-state index is 9.84. The van der Waals surface area contributed by atoms with Gasteiger partial charge >= 0.3 is 0 Å². The van der Waals surface area contributed by atoms with E-state index in [0.717, 1.165) is 31.1 Å². The molecule has 1 fully saturated rings. The molecule has 0 bridgehead atoms. The second kappa shape index (κ2) is 5.07. The van der Waals surface area contributed by atoms with E-state index in [1.165, 1.54) is 12.8 Å². The summed E-state index contributed by atoms with van der Waals surface area (Å²) in [5.74, 6) is 0.998. The standard InChI is InChI=1S/C13H18ClNO/c1-10-4-3-7-15(8-10)9-11-5-2-6-12(14)13(11)16/h2,5-6,10,16H,3-4,7-9H2,1H3. The van der Waals surface area contributed by atoms with Crippen LogP contribution >= 0.6 is 11.6 Å². The molecular formula is C13H18ClNO. The molecule has 2 nitrogen and oxygen atoms in total. The van der Waals surface area contributed by atoms with Crippen molar-refractivity contribution in [3.63, 3.8) is 0 Å². The van der Waals surface area contributed by atoms with Crippen LogP contribution in [0.3, 0.4) is 0 Å². The Morgan fingerprint density at radius 3 is 3.06 bits per heavy atom. The Labute approximate surface area is 102 Å². The number of hydrogen-bond acceptors (Lipinski definition) is 2. The molecule has 1 N–H and O–H groups in total. The first-order valence-electron chi connectivity index (χ1n) is 5.85. The first kappa shape index (κ1) is 11.7. The van der Waals surface area contributed by atoms with Crippen LogP contribution in [-0.2, 0) is 6.54 Å². The van der Waals surface area contributed by atoms with Crippen LogP contribution in [0.2, 0.25) is 5.02 Å². The fraction of sp³-hybridized carbons (Fsp3) is 0.538. The van der Waals surface area contributed by atoms with Crippen LogP contribution in [0.1, 0.15) is 25.3 Å². The topological polar surface area (TPSA) is 23.5 Å². The third kappa shape index (κ3) is 2.69. The van der Waals surface area contributed by atoms with E-state index in [0.29, 0.717) is 5.02 Å². The Morgan fingerprint density at radius 1 is 1.50 bits per heavy atom. The third-order valence-corrected chi connectivity index (χ3v) is 3.51. The predicted molar refractivity (Wildman–Crippen MR) is 66.8 cm³/mol. The van der Waals surface area contributed by atoms with Crippen molar-refractivity contribution in [2.24, 2.45) is 5.92 Å². The lowest BCUT2D eigenvalue weighted by Gasteiger charge is -2.31. The molecule has 0 aromatic heterocycles. The Bertz CT molecular complexity index is 367. The molecular weight excluding hydrogens is 222 g/mol. The number of phenolic OH excluding ortho intramolecular Hbond substituents is 1. The molecule has 1 aromatic rings. The number of rotatable bonds is 2. The summed E-state index contributed by atoms with van der Waals surface area (Å²) in [4.78, 5) is 2.39. The lowest BCUT2D eigenvalue weighted by atomic mass is 10.00. The number of benzene rings is 1. The SMILES string of the molecule is CC1CCCN(Cc2cccc(Cl)c2O)C1. The van der Waals surface area contributed by atoms with Crippen molar-refractivity contribution in [1.29, 1.82) is 0 Å². The Morgan fingerprint density at radius 2 is 2.31 bits per heavy atom. The van der Waals surface area contributed by atoms with Gasteiger partial charge in [-0.05, 0) is 31.4 Å². The maximum absolute atomic E-state index is 9.84. The van der Waals surface area contributed by atoms with Gasteiger partial charge in [-0.25, -0.2) is 0 Å². The molecule has 0 aliphatic carbocycles. The summed E-state index contributed by atoms with van der Waals surface area (Å²) in [7, 11) is 0. The number of halogens is 1. The van der Waals surface area contributed by atoms with E-state index in [1.807, 2.05) is 12.1 Å². The molecule has 1 heterocycles. The van der Waals surface area contributed by atoms with Gasteiger partial charge in [-0.3, -0.25) is 4.90 Å². The van der Waals surface area contributed by atoms with E-state index in [4.69, 9.17) is 11.6 Å². The molecule has 0 radical (unpaired) electrons. The highest BCUT2D eigenvalue weighted by atomic mass is 35.5. The van der Waals surface area contributed by atoms with Crippen LogP contribution in [0, 0.1) is 5.92 Å². The van der Waals surface area contributed by atoms with Gasteiger partial charge in [0.05, 0.1) is 5.02 Å². The van der Waals surface area contributed by atoms with Gasteiger partial charge in [0.1, 0.15) is 5.75 Å². The normalized spacial score (nSPS) is 22.2.